The van der Waals surface area contributed by atoms with Gasteiger partial charge in [0.2, 0.25) is 0 Å². The maximum Gasteiger partial charge on any atom is 0.330 e. The third kappa shape index (κ3) is 5.10. The Morgan fingerprint density at radius 3 is 2.53 bits per heavy atom. The number of rotatable bonds is 5. The fourth-order valence-corrected chi connectivity index (χ4v) is 1.09. The molecule has 0 aliphatic carbocycles. The Morgan fingerprint density at radius 2 is 1.94 bits per heavy atom. The second-order valence-electron chi connectivity index (χ2n) is 3.07. The van der Waals surface area contributed by atoms with E-state index in [9.17, 15) is 13.6 Å². The van der Waals surface area contributed by atoms with Gasteiger partial charge in [-0.05, 0) is 13.0 Å². The highest BCUT2D eigenvalue weighted by molar-refractivity contribution is 5.81. The molecule has 0 spiro atoms. The summed E-state index contributed by atoms with van der Waals surface area (Å²) >= 11 is 0. The van der Waals surface area contributed by atoms with Crippen LogP contribution in [0, 0.1) is 11.6 Å². The number of halogens is 2. The smallest absolute Gasteiger partial charge is 0.330 e. The minimum Gasteiger partial charge on any atom is -0.489 e. The SMILES string of the molecule is CCOC(=O)/C=C/COc1cc(F)cc(F)c1. The predicted molar refractivity (Wildman–Crippen MR) is 57.6 cm³/mol. The van der Waals surface area contributed by atoms with Gasteiger partial charge in [-0.15, -0.1) is 0 Å². The molecule has 0 amide bonds. The molecule has 0 heterocycles. The molecule has 5 heteroatoms. The van der Waals surface area contributed by atoms with Gasteiger partial charge in [-0.3, -0.25) is 0 Å². The predicted octanol–water partition coefficient (Wildman–Crippen LogP) is 2.46. The van der Waals surface area contributed by atoms with Gasteiger partial charge in [-0.2, -0.15) is 0 Å². The zero-order valence-corrected chi connectivity index (χ0v) is 9.28. The summed E-state index contributed by atoms with van der Waals surface area (Å²) < 4.78 is 35.2. The number of benzene rings is 1. The average molecular weight is 242 g/mol. The summed E-state index contributed by atoms with van der Waals surface area (Å²) in [6, 6.07) is 2.86. The molecule has 3 nitrogen and oxygen atoms in total. The summed E-state index contributed by atoms with van der Waals surface area (Å²) in [7, 11) is 0. The maximum absolute atomic E-state index is 12.8. The normalized spacial score (nSPS) is 10.5. The van der Waals surface area contributed by atoms with Crippen LogP contribution in [-0.2, 0) is 9.53 Å². The molecular formula is C12H12F2O3. The minimum atomic E-state index is -0.714. The van der Waals surface area contributed by atoms with E-state index in [4.69, 9.17) is 4.74 Å². The van der Waals surface area contributed by atoms with Crippen LogP contribution >= 0.6 is 0 Å². The standard InChI is InChI=1S/C12H12F2O3/c1-2-16-12(15)4-3-5-17-11-7-9(13)6-10(14)8-11/h3-4,6-8H,2,5H2,1H3/b4-3+. The minimum absolute atomic E-state index is 0.0295. The van der Waals surface area contributed by atoms with Crippen LogP contribution in [0.15, 0.2) is 30.4 Å². The molecule has 0 bridgehead atoms. The zero-order chi connectivity index (χ0) is 12.7. The second kappa shape index (κ2) is 6.62. The summed E-state index contributed by atoms with van der Waals surface area (Å²) in [6.45, 7) is 2.01. The zero-order valence-electron chi connectivity index (χ0n) is 9.28. The topological polar surface area (TPSA) is 35.5 Å². The Morgan fingerprint density at radius 1 is 1.29 bits per heavy atom. The quantitative estimate of drug-likeness (QED) is 0.587. The molecule has 0 atom stereocenters. The molecule has 1 aromatic rings. The number of ether oxygens (including phenoxy) is 2. The monoisotopic (exact) mass is 242 g/mol. The van der Waals surface area contributed by atoms with E-state index in [0.29, 0.717) is 6.61 Å². The van der Waals surface area contributed by atoms with Crippen molar-refractivity contribution in [2.24, 2.45) is 0 Å². The summed E-state index contributed by atoms with van der Waals surface area (Å²) in [5, 5.41) is 0. The van der Waals surface area contributed by atoms with Gasteiger partial charge in [-0.25, -0.2) is 13.6 Å². The van der Waals surface area contributed by atoms with Crippen molar-refractivity contribution in [3.63, 3.8) is 0 Å². The lowest BCUT2D eigenvalue weighted by atomic mass is 10.3. The van der Waals surface area contributed by atoms with Gasteiger partial charge in [0.15, 0.2) is 0 Å². The first kappa shape index (κ1) is 13.2. The lowest BCUT2D eigenvalue weighted by Gasteiger charge is -2.03. The molecule has 0 fully saturated rings. The van der Waals surface area contributed by atoms with E-state index in [-0.39, 0.29) is 12.4 Å². The third-order valence-electron chi connectivity index (χ3n) is 1.72. The van der Waals surface area contributed by atoms with Crippen molar-refractivity contribution < 1.29 is 23.0 Å². The molecule has 17 heavy (non-hydrogen) atoms. The number of carbonyl (C=O) groups excluding carboxylic acids is 1. The molecule has 0 aromatic heterocycles. The van der Waals surface area contributed by atoms with Crippen molar-refractivity contribution >= 4 is 5.97 Å². The maximum atomic E-state index is 12.8. The van der Waals surface area contributed by atoms with Gasteiger partial charge in [0, 0.05) is 24.3 Å². The van der Waals surface area contributed by atoms with Crippen molar-refractivity contribution in [3.05, 3.63) is 42.0 Å². The molecule has 0 saturated carbocycles. The van der Waals surface area contributed by atoms with Gasteiger partial charge in [-0.1, -0.05) is 0 Å². The van der Waals surface area contributed by atoms with Crippen molar-refractivity contribution in [1.82, 2.24) is 0 Å². The number of carbonyl (C=O) groups is 1. The van der Waals surface area contributed by atoms with E-state index < -0.39 is 17.6 Å². The fourth-order valence-electron chi connectivity index (χ4n) is 1.09. The molecule has 0 saturated heterocycles. The number of esters is 1. The molecule has 0 unspecified atom stereocenters. The van der Waals surface area contributed by atoms with Gasteiger partial charge in [0.05, 0.1) is 6.61 Å². The van der Waals surface area contributed by atoms with Crippen LogP contribution in [0.3, 0.4) is 0 Å². The van der Waals surface area contributed by atoms with E-state index in [2.05, 4.69) is 4.74 Å². The molecule has 0 aliphatic rings. The number of hydrogen-bond donors (Lipinski definition) is 0. The third-order valence-corrected chi connectivity index (χ3v) is 1.72. The van der Waals surface area contributed by atoms with E-state index in [1.807, 2.05) is 0 Å². The molecule has 0 aliphatic heterocycles. The van der Waals surface area contributed by atoms with E-state index in [0.717, 1.165) is 18.2 Å². The van der Waals surface area contributed by atoms with Crippen molar-refractivity contribution in [2.45, 2.75) is 6.92 Å². The average Bonchev–Trinajstić information content (AvgIpc) is 2.23. The number of hydrogen-bond acceptors (Lipinski definition) is 3. The van der Waals surface area contributed by atoms with Crippen molar-refractivity contribution in [2.75, 3.05) is 13.2 Å². The molecule has 92 valence electrons. The lowest BCUT2D eigenvalue weighted by Crippen LogP contribution is -2.01. The van der Waals surface area contributed by atoms with Crippen LogP contribution in [0.2, 0.25) is 0 Å². The van der Waals surface area contributed by atoms with Gasteiger partial charge in [0.1, 0.15) is 24.0 Å². The summed E-state index contributed by atoms with van der Waals surface area (Å²) in [6.07, 6.45) is 2.60. The lowest BCUT2D eigenvalue weighted by molar-refractivity contribution is -0.137. The largest absolute Gasteiger partial charge is 0.489 e. The Hall–Kier alpha value is -1.91. The highest BCUT2D eigenvalue weighted by Gasteiger charge is 2.00. The van der Waals surface area contributed by atoms with Crippen LogP contribution in [-0.4, -0.2) is 19.2 Å². The van der Waals surface area contributed by atoms with Crippen LogP contribution in [0.4, 0.5) is 8.78 Å². The Labute approximate surface area is 97.7 Å². The van der Waals surface area contributed by atoms with Crippen LogP contribution < -0.4 is 4.74 Å². The van der Waals surface area contributed by atoms with Gasteiger partial charge >= 0.3 is 5.97 Å². The van der Waals surface area contributed by atoms with Crippen molar-refractivity contribution in [3.8, 4) is 5.75 Å². The summed E-state index contributed by atoms with van der Waals surface area (Å²) in [5.74, 6) is -1.85. The molecule has 0 radical (unpaired) electrons. The highest BCUT2D eigenvalue weighted by atomic mass is 19.1. The Kier molecular flexibility index (Phi) is 5.13. The molecular weight excluding hydrogens is 230 g/mol. The van der Waals surface area contributed by atoms with E-state index in [1.165, 1.54) is 12.2 Å². The van der Waals surface area contributed by atoms with Crippen LogP contribution in [0.1, 0.15) is 6.92 Å². The first-order valence-electron chi connectivity index (χ1n) is 5.04. The van der Waals surface area contributed by atoms with Crippen molar-refractivity contribution in [1.29, 1.82) is 0 Å². The van der Waals surface area contributed by atoms with Gasteiger partial charge in [0.25, 0.3) is 0 Å². The van der Waals surface area contributed by atoms with E-state index in [1.54, 1.807) is 6.92 Å². The highest BCUT2D eigenvalue weighted by Crippen LogP contribution is 2.15. The fraction of sp³-hybridized carbons (Fsp3) is 0.250. The first-order chi connectivity index (χ1) is 8.11. The molecule has 1 aromatic carbocycles. The van der Waals surface area contributed by atoms with Crippen LogP contribution in [0.5, 0.6) is 5.75 Å². The van der Waals surface area contributed by atoms with E-state index >= 15 is 0 Å². The Bertz CT molecular complexity index is 396. The van der Waals surface area contributed by atoms with Gasteiger partial charge < -0.3 is 9.47 Å². The molecule has 1 rings (SSSR count). The van der Waals surface area contributed by atoms with Crippen LogP contribution in [0.25, 0.3) is 0 Å². The summed E-state index contributed by atoms with van der Waals surface area (Å²) in [5.41, 5.74) is 0. The first-order valence-corrected chi connectivity index (χ1v) is 5.04. The molecule has 0 N–H and O–H groups in total. The second-order valence-corrected chi connectivity index (χ2v) is 3.07. The Balaban J connectivity index is 2.43. The summed E-state index contributed by atoms with van der Waals surface area (Å²) in [4.78, 5) is 10.9.